The van der Waals surface area contributed by atoms with Crippen molar-refractivity contribution >= 4 is 11.5 Å². The Bertz CT molecular complexity index is 893. The summed E-state index contributed by atoms with van der Waals surface area (Å²) >= 11 is 0. The van der Waals surface area contributed by atoms with Gasteiger partial charge >= 0.3 is 0 Å². The highest BCUT2D eigenvalue weighted by molar-refractivity contribution is 6.04. The van der Waals surface area contributed by atoms with Gasteiger partial charge in [0.15, 0.2) is 11.6 Å². The van der Waals surface area contributed by atoms with Crippen LogP contribution in [0.4, 0.5) is 4.39 Å². The summed E-state index contributed by atoms with van der Waals surface area (Å²) in [5, 5.41) is 3.35. The van der Waals surface area contributed by atoms with Crippen LogP contribution in [0.3, 0.4) is 0 Å². The number of ether oxygens (including phenoxy) is 1. The second-order valence-corrected chi connectivity index (χ2v) is 6.62. The Kier molecular flexibility index (Phi) is 4.47. The van der Waals surface area contributed by atoms with Crippen LogP contribution in [0, 0.1) is 5.82 Å². The first-order valence-corrected chi connectivity index (χ1v) is 8.86. The minimum atomic E-state index is -0.371. The average Bonchev–Trinajstić information content (AvgIpc) is 2.68. The van der Waals surface area contributed by atoms with Crippen molar-refractivity contribution < 1.29 is 9.13 Å². The maximum atomic E-state index is 14.0. The molecule has 4 nitrogen and oxygen atoms in total. The quantitative estimate of drug-likeness (QED) is 0.903. The van der Waals surface area contributed by atoms with Crippen molar-refractivity contribution in [2.24, 2.45) is 4.99 Å². The number of benzene rings is 1. The molecule has 0 atom stereocenters. The molecule has 4 rings (SSSR count). The van der Waals surface area contributed by atoms with Gasteiger partial charge in [-0.05, 0) is 67.0 Å². The van der Waals surface area contributed by atoms with E-state index in [0.29, 0.717) is 0 Å². The minimum absolute atomic E-state index is 0.246. The highest BCUT2D eigenvalue weighted by Gasteiger charge is 2.22. The van der Waals surface area contributed by atoms with Crippen LogP contribution in [-0.4, -0.2) is 37.5 Å². The molecular weight excluding hydrogens is 329 g/mol. The van der Waals surface area contributed by atoms with E-state index in [2.05, 4.69) is 35.5 Å². The largest absolute Gasteiger partial charge is 0.494 e. The van der Waals surface area contributed by atoms with Crippen molar-refractivity contribution in [2.45, 2.75) is 13.3 Å². The first-order chi connectivity index (χ1) is 12.7. The highest BCUT2D eigenvalue weighted by Crippen LogP contribution is 2.30. The molecule has 0 spiro atoms. The van der Waals surface area contributed by atoms with Gasteiger partial charge in [-0.25, -0.2) is 9.38 Å². The maximum absolute atomic E-state index is 14.0. The van der Waals surface area contributed by atoms with Crippen molar-refractivity contribution in [3.63, 3.8) is 0 Å². The van der Waals surface area contributed by atoms with Gasteiger partial charge in [0.1, 0.15) is 5.84 Å². The first kappa shape index (κ1) is 16.8. The third kappa shape index (κ3) is 3.10. The van der Waals surface area contributed by atoms with Gasteiger partial charge in [-0.15, -0.1) is 0 Å². The summed E-state index contributed by atoms with van der Waals surface area (Å²) in [6.45, 7) is 4.75. The Labute approximate surface area is 153 Å². The Hall–Kier alpha value is -2.66. The van der Waals surface area contributed by atoms with Crippen LogP contribution in [0.25, 0.3) is 5.70 Å². The molecule has 5 heteroatoms. The Morgan fingerprint density at radius 3 is 2.88 bits per heavy atom. The van der Waals surface area contributed by atoms with Crippen LogP contribution in [0.15, 0.2) is 64.3 Å². The first-order valence-electron chi connectivity index (χ1n) is 8.86. The third-order valence-corrected chi connectivity index (χ3v) is 4.88. The molecule has 0 saturated carbocycles. The fraction of sp³-hybridized carbons (Fsp3) is 0.286. The summed E-state index contributed by atoms with van der Waals surface area (Å²) in [6, 6.07) is 4.97. The molecule has 0 bridgehead atoms. The lowest BCUT2D eigenvalue weighted by atomic mass is 9.95. The predicted octanol–water partition coefficient (Wildman–Crippen LogP) is 3.65. The maximum Gasteiger partial charge on any atom is 0.165 e. The molecule has 3 aliphatic heterocycles. The van der Waals surface area contributed by atoms with Crippen LogP contribution in [0.1, 0.15) is 18.9 Å². The van der Waals surface area contributed by atoms with Gasteiger partial charge in [0, 0.05) is 24.9 Å². The lowest BCUT2D eigenvalue weighted by Gasteiger charge is -2.31. The molecule has 3 heterocycles. The van der Waals surface area contributed by atoms with E-state index in [-0.39, 0.29) is 11.6 Å². The van der Waals surface area contributed by atoms with Crippen LogP contribution in [0.2, 0.25) is 0 Å². The summed E-state index contributed by atoms with van der Waals surface area (Å²) in [5.74, 6) is 0.803. The van der Waals surface area contributed by atoms with E-state index >= 15 is 0 Å². The number of aliphatic imine (C=N–C) groups is 1. The number of methoxy groups -OCH3 is 1. The molecule has 1 N–H and O–H groups in total. The topological polar surface area (TPSA) is 36.9 Å². The van der Waals surface area contributed by atoms with Gasteiger partial charge in [0.05, 0.1) is 12.8 Å². The van der Waals surface area contributed by atoms with Crippen molar-refractivity contribution in [1.29, 1.82) is 0 Å². The lowest BCUT2D eigenvalue weighted by molar-refractivity contribution is 0.386. The molecule has 134 valence electrons. The zero-order chi connectivity index (χ0) is 18.1. The molecule has 1 aromatic rings. The summed E-state index contributed by atoms with van der Waals surface area (Å²) in [4.78, 5) is 6.95. The smallest absolute Gasteiger partial charge is 0.165 e. The van der Waals surface area contributed by atoms with E-state index in [9.17, 15) is 4.39 Å². The molecule has 0 radical (unpaired) electrons. The molecule has 1 aromatic carbocycles. The predicted molar refractivity (Wildman–Crippen MR) is 102 cm³/mol. The summed E-state index contributed by atoms with van der Waals surface area (Å²) in [7, 11) is 1.47. The zero-order valence-electron chi connectivity index (χ0n) is 15.1. The molecule has 0 fully saturated rings. The van der Waals surface area contributed by atoms with Crippen LogP contribution >= 0.6 is 0 Å². The molecule has 0 aliphatic carbocycles. The van der Waals surface area contributed by atoms with Gasteiger partial charge in [0.2, 0.25) is 0 Å². The highest BCUT2D eigenvalue weighted by atomic mass is 19.1. The second-order valence-electron chi connectivity index (χ2n) is 6.62. The molecule has 0 saturated heterocycles. The fourth-order valence-corrected chi connectivity index (χ4v) is 3.50. The standard InChI is InChI=1S/C21H22FN3O/c1-14-11-17(15-5-8-23-9-6-15)13-25-10-7-19(24-21(14)25)16-3-4-20(26-2)18(22)12-16/h3-5,7,11-13,23H,6,8-10H2,1-2H3. The van der Waals surface area contributed by atoms with Crippen molar-refractivity contribution in [3.8, 4) is 5.75 Å². The van der Waals surface area contributed by atoms with Crippen molar-refractivity contribution in [1.82, 2.24) is 10.2 Å². The molecule has 0 aromatic heterocycles. The van der Waals surface area contributed by atoms with E-state index in [4.69, 9.17) is 9.73 Å². The normalized spacial score (nSPS) is 19.7. The van der Waals surface area contributed by atoms with Gasteiger partial charge in [0.25, 0.3) is 0 Å². The van der Waals surface area contributed by atoms with E-state index in [1.54, 1.807) is 6.07 Å². The number of halogens is 1. The Morgan fingerprint density at radius 2 is 2.15 bits per heavy atom. The number of fused-ring (bicyclic) bond motifs is 1. The fourth-order valence-electron chi connectivity index (χ4n) is 3.50. The Balaban J connectivity index is 1.62. The summed E-state index contributed by atoms with van der Waals surface area (Å²) in [6.07, 6.45) is 9.71. The molecule has 0 unspecified atom stereocenters. The number of amidine groups is 1. The molecule has 3 aliphatic rings. The summed E-state index contributed by atoms with van der Waals surface area (Å²) < 4.78 is 19.0. The molecule has 26 heavy (non-hydrogen) atoms. The van der Waals surface area contributed by atoms with Gasteiger partial charge in [-0.2, -0.15) is 0 Å². The van der Waals surface area contributed by atoms with E-state index in [1.807, 2.05) is 12.1 Å². The van der Waals surface area contributed by atoms with Gasteiger partial charge in [-0.1, -0.05) is 6.08 Å². The van der Waals surface area contributed by atoms with Crippen molar-refractivity contribution in [2.75, 3.05) is 26.7 Å². The van der Waals surface area contributed by atoms with E-state index < -0.39 is 0 Å². The third-order valence-electron chi connectivity index (χ3n) is 4.88. The number of hydrogen-bond donors (Lipinski definition) is 1. The second kappa shape index (κ2) is 6.92. The number of nitrogens with zero attached hydrogens (tertiary/aromatic N) is 2. The van der Waals surface area contributed by atoms with Crippen LogP contribution < -0.4 is 10.1 Å². The number of nitrogens with one attached hydrogen (secondary N) is 1. The molecule has 0 amide bonds. The monoisotopic (exact) mass is 351 g/mol. The van der Waals surface area contributed by atoms with Gasteiger partial charge < -0.3 is 15.0 Å². The van der Waals surface area contributed by atoms with E-state index in [1.165, 1.54) is 24.3 Å². The van der Waals surface area contributed by atoms with Crippen molar-refractivity contribution in [3.05, 3.63) is 70.7 Å². The van der Waals surface area contributed by atoms with E-state index in [0.717, 1.165) is 48.7 Å². The van der Waals surface area contributed by atoms with Gasteiger partial charge in [-0.3, -0.25) is 0 Å². The minimum Gasteiger partial charge on any atom is -0.494 e. The Morgan fingerprint density at radius 1 is 1.27 bits per heavy atom. The lowest BCUT2D eigenvalue weighted by Crippen LogP contribution is -2.32. The number of rotatable bonds is 3. The summed E-state index contributed by atoms with van der Waals surface area (Å²) in [5.41, 5.74) is 5.33. The number of allylic oxidation sites excluding steroid dienone is 2. The SMILES string of the molecule is COc1ccc(C2=CCN3C=C(C4=CCNCC4)C=C(C)C3=N2)cc1F. The number of hydrogen-bond acceptors (Lipinski definition) is 4. The zero-order valence-corrected chi connectivity index (χ0v) is 15.1. The average molecular weight is 351 g/mol. The van der Waals surface area contributed by atoms with Crippen LogP contribution in [0.5, 0.6) is 5.75 Å². The van der Waals surface area contributed by atoms with Crippen LogP contribution in [-0.2, 0) is 0 Å². The molecular formula is C21H22FN3O.